The molecule has 1 fully saturated rings. The molecule has 2 aliphatic rings. The number of anilines is 1. The van der Waals surface area contributed by atoms with Crippen LogP contribution < -0.4 is 9.04 Å². The molecular formula is C24H28F3NO5S. The van der Waals surface area contributed by atoms with Crippen LogP contribution >= 0.6 is 0 Å². The third kappa shape index (κ3) is 5.04. The predicted molar refractivity (Wildman–Crippen MR) is 120 cm³/mol. The summed E-state index contributed by atoms with van der Waals surface area (Å²) in [5.41, 5.74) is -0.779. The molecule has 10 heteroatoms. The van der Waals surface area contributed by atoms with Gasteiger partial charge in [0.2, 0.25) is 0 Å². The second-order valence-electron chi connectivity index (χ2n) is 8.67. The predicted octanol–water partition coefficient (Wildman–Crippen LogP) is 4.53. The Kier molecular flexibility index (Phi) is 6.36. The van der Waals surface area contributed by atoms with Crippen LogP contribution in [0.4, 0.5) is 18.9 Å². The van der Waals surface area contributed by atoms with Crippen LogP contribution in [0.15, 0.2) is 41.3 Å². The summed E-state index contributed by atoms with van der Waals surface area (Å²) < 4.78 is 94.8. The van der Waals surface area contributed by atoms with Crippen molar-refractivity contribution < 1.29 is 38.9 Å². The molecule has 1 N–H and O–H groups in total. The highest BCUT2D eigenvalue weighted by atomic mass is 32.2. The van der Waals surface area contributed by atoms with Crippen molar-refractivity contribution in [1.82, 2.24) is 0 Å². The van der Waals surface area contributed by atoms with Gasteiger partial charge in [-0.3, -0.25) is 4.31 Å². The van der Waals surface area contributed by atoms with Crippen molar-refractivity contribution >= 4 is 15.7 Å². The van der Waals surface area contributed by atoms with Gasteiger partial charge in [0.05, 0.1) is 32.1 Å². The quantitative estimate of drug-likeness (QED) is 0.629. The number of ether oxygens (including phenoxy) is 2. The van der Waals surface area contributed by atoms with Gasteiger partial charge in [0.15, 0.2) is 0 Å². The molecule has 2 aromatic carbocycles. The Morgan fingerprint density at radius 1 is 1.18 bits per heavy atom. The van der Waals surface area contributed by atoms with Crippen LogP contribution in [0.25, 0.3) is 0 Å². The number of fused-ring (bicyclic) bond motifs is 1. The summed E-state index contributed by atoms with van der Waals surface area (Å²) in [5, 5.41) is 10.1. The van der Waals surface area contributed by atoms with Gasteiger partial charge in [-0.2, -0.15) is 13.2 Å². The fraction of sp³-hybridized carbons (Fsp3) is 0.500. The lowest BCUT2D eigenvalue weighted by molar-refractivity contribution is -0.137. The van der Waals surface area contributed by atoms with Crippen LogP contribution in [0.3, 0.4) is 0 Å². The summed E-state index contributed by atoms with van der Waals surface area (Å²) in [6.45, 7) is 0.230. The number of halogens is 3. The highest BCUT2D eigenvalue weighted by Gasteiger charge is 2.37. The number of sulfonamides is 1. The summed E-state index contributed by atoms with van der Waals surface area (Å²) >= 11 is 0. The first-order valence-electron chi connectivity index (χ1n) is 12.1. The molecule has 2 aliphatic heterocycles. The van der Waals surface area contributed by atoms with Crippen LogP contribution in [0.5, 0.6) is 5.75 Å². The minimum Gasteiger partial charge on any atom is -0.493 e. The average Bonchev–Trinajstić information content (AvgIpc) is 2.81. The molecule has 2 aromatic rings. The van der Waals surface area contributed by atoms with Crippen molar-refractivity contribution in [2.75, 3.05) is 24.1 Å². The molecule has 0 bridgehead atoms. The van der Waals surface area contributed by atoms with Gasteiger partial charge in [0.25, 0.3) is 10.0 Å². The molecule has 0 spiro atoms. The van der Waals surface area contributed by atoms with Crippen molar-refractivity contribution in [3.8, 4) is 5.75 Å². The lowest BCUT2D eigenvalue weighted by Gasteiger charge is -2.36. The summed E-state index contributed by atoms with van der Waals surface area (Å²) in [6, 6.07) is 6.02. The van der Waals surface area contributed by atoms with Crippen LogP contribution in [-0.2, 0) is 33.9 Å². The fourth-order valence-corrected chi connectivity index (χ4v) is 6.13. The summed E-state index contributed by atoms with van der Waals surface area (Å²) in [6.07, 6.45) is -2.40. The Balaban J connectivity index is 1.69. The van der Waals surface area contributed by atoms with E-state index in [1.165, 1.54) is 12.1 Å². The zero-order valence-electron chi connectivity index (χ0n) is 20.6. The van der Waals surface area contributed by atoms with Gasteiger partial charge in [-0.25, -0.2) is 8.42 Å². The van der Waals surface area contributed by atoms with Crippen LogP contribution in [-0.4, -0.2) is 39.4 Å². The van der Waals surface area contributed by atoms with Gasteiger partial charge < -0.3 is 14.6 Å². The highest BCUT2D eigenvalue weighted by Crippen LogP contribution is 2.39. The summed E-state index contributed by atoms with van der Waals surface area (Å²) in [5.74, 6) is 0.210. The second-order valence-corrected chi connectivity index (χ2v) is 10.5. The molecule has 1 saturated heterocycles. The SMILES string of the molecule is [2H]C([2H])(O)c1cc(S(=O)(=O)N2c3ccc(C(F)(F)F)cc3CC[C@@H]2C)ccc1OCC1CCOCC1. The minimum atomic E-state index is -4.55. The van der Waals surface area contributed by atoms with Gasteiger partial charge in [-0.1, -0.05) is 0 Å². The molecule has 1 atom stereocenters. The number of hydrogen-bond donors (Lipinski definition) is 1. The van der Waals surface area contributed by atoms with E-state index in [0.717, 1.165) is 41.4 Å². The number of nitrogens with zero attached hydrogens (tertiary/aromatic N) is 1. The number of rotatable bonds is 6. The molecule has 34 heavy (non-hydrogen) atoms. The van der Waals surface area contributed by atoms with E-state index in [-0.39, 0.29) is 46.4 Å². The molecule has 6 nitrogen and oxygen atoms in total. The maximum Gasteiger partial charge on any atom is 0.416 e. The van der Waals surface area contributed by atoms with Crippen molar-refractivity contribution in [3.63, 3.8) is 0 Å². The van der Waals surface area contributed by atoms with Gasteiger partial charge in [-0.05, 0) is 80.5 Å². The van der Waals surface area contributed by atoms with Crippen molar-refractivity contribution in [1.29, 1.82) is 0 Å². The molecule has 0 saturated carbocycles. The molecule has 0 amide bonds. The third-order valence-corrected chi connectivity index (χ3v) is 8.24. The van der Waals surface area contributed by atoms with Crippen LogP contribution in [0.2, 0.25) is 0 Å². The van der Waals surface area contributed by atoms with Crippen molar-refractivity contribution in [2.45, 2.75) is 56.3 Å². The average molecular weight is 502 g/mol. The standard InChI is InChI=1S/C24H28F3NO5S/c1-16-2-3-18-12-20(24(25,26)27)4-6-22(18)28(16)34(30,31)21-5-7-23(19(13-21)14-29)33-15-17-8-10-32-11-9-17/h4-7,12-13,16-17,29H,2-3,8-11,14-15H2,1H3/t16-/m0/s1/i14D2. The van der Waals surface area contributed by atoms with Gasteiger partial charge in [0, 0.05) is 24.8 Å². The van der Waals surface area contributed by atoms with E-state index in [2.05, 4.69) is 0 Å². The third-order valence-electron chi connectivity index (χ3n) is 6.32. The first-order chi connectivity index (χ1) is 16.8. The number of alkyl halides is 3. The number of hydrogen-bond acceptors (Lipinski definition) is 5. The second kappa shape index (κ2) is 9.75. The van der Waals surface area contributed by atoms with E-state index in [9.17, 15) is 26.7 Å². The molecule has 4 rings (SSSR count). The smallest absolute Gasteiger partial charge is 0.416 e. The Hall–Kier alpha value is -2.30. The maximum atomic E-state index is 13.7. The number of benzene rings is 2. The molecular weight excluding hydrogens is 471 g/mol. The monoisotopic (exact) mass is 501 g/mol. The summed E-state index contributed by atoms with van der Waals surface area (Å²) in [7, 11) is -4.31. The first-order valence-corrected chi connectivity index (χ1v) is 12.5. The van der Waals surface area contributed by atoms with Gasteiger partial charge >= 0.3 is 6.18 Å². The topological polar surface area (TPSA) is 76.1 Å². The van der Waals surface area contributed by atoms with Crippen molar-refractivity contribution in [3.05, 3.63) is 53.1 Å². The summed E-state index contributed by atoms with van der Waals surface area (Å²) in [4.78, 5) is -0.298. The normalized spacial score (nSPS) is 21.0. The van der Waals surface area contributed by atoms with E-state index in [4.69, 9.17) is 12.2 Å². The Bertz CT molecular complexity index is 1210. The van der Waals surface area contributed by atoms with E-state index < -0.39 is 34.4 Å². The molecule has 0 aromatic heterocycles. The highest BCUT2D eigenvalue weighted by molar-refractivity contribution is 7.92. The van der Waals surface area contributed by atoms with E-state index in [1.54, 1.807) is 6.92 Å². The van der Waals surface area contributed by atoms with E-state index in [1.807, 2.05) is 0 Å². The fourth-order valence-electron chi connectivity index (χ4n) is 4.38. The van der Waals surface area contributed by atoms with Gasteiger partial charge in [-0.15, -0.1) is 0 Å². The van der Waals surface area contributed by atoms with Crippen molar-refractivity contribution in [2.24, 2.45) is 5.92 Å². The molecule has 186 valence electrons. The first kappa shape index (κ1) is 22.2. The van der Waals surface area contributed by atoms with Gasteiger partial charge in [0.1, 0.15) is 5.75 Å². The zero-order chi connectivity index (χ0) is 26.3. The van der Waals surface area contributed by atoms with Crippen LogP contribution in [0, 0.1) is 5.92 Å². The maximum absolute atomic E-state index is 13.7. The molecule has 0 unspecified atom stereocenters. The van der Waals surface area contributed by atoms with E-state index in [0.29, 0.717) is 19.6 Å². The molecule has 2 heterocycles. The Morgan fingerprint density at radius 3 is 2.59 bits per heavy atom. The molecule has 0 radical (unpaired) electrons. The Labute approximate surface area is 200 Å². The van der Waals surface area contributed by atoms with Crippen LogP contribution in [0.1, 0.15) is 45.6 Å². The van der Waals surface area contributed by atoms with E-state index >= 15 is 0 Å². The molecule has 0 aliphatic carbocycles. The largest absolute Gasteiger partial charge is 0.493 e. The number of aliphatic hydroxyl groups is 1. The minimum absolute atomic E-state index is 0.0230. The zero-order valence-corrected chi connectivity index (χ0v) is 19.5. The lowest BCUT2D eigenvalue weighted by atomic mass is 9.97. The number of aryl methyl sites for hydroxylation is 1. The lowest BCUT2D eigenvalue weighted by Crippen LogP contribution is -2.42. The Morgan fingerprint density at radius 2 is 1.91 bits per heavy atom.